The highest BCUT2D eigenvalue weighted by Gasteiger charge is 1.96. The first-order valence-corrected chi connectivity index (χ1v) is 5.47. The Balaban J connectivity index is 1.96. The minimum Gasteiger partial charge on any atom is -0.488 e. The maximum atomic E-state index is 10.4. The van der Waals surface area contributed by atoms with Crippen LogP contribution in [0.4, 0.5) is 0 Å². The van der Waals surface area contributed by atoms with Crippen LogP contribution >= 0.6 is 11.3 Å². The van der Waals surface area contributed by atoms with E-state index in [9.17, 15) is 4.79 Å². The van der Waals surface area contributed by atoms with Crippen LogP contribution in [0.3, 0.4) is 0 Å². The van der Waals surface area contributed by atoms with E-state index in [0.717, 1.165) is 12.0 Å². The van der Waals surface area contributed by atoms with E-state index in [4.69, 9.17) is 4.74 Å². The second kappa shape index (κ2) is 4.75. The number of ether oxygens (including phenoxy) is 1. The Hall–Kier alpha value is -1.61. The fourth-order valence-corrected chi connectivity index (χ4v) is 1.81. The molecule has 0 bridgehead atoms. The van der Waals surface area contributed by atoms with Crippen LogP contribution in [-0.4, -0.2) is 6.29 Å². The third kappa shape index (κ3) is 2.67. The summed E-state index contributed by atoms with van der Waals surface area (Å²) in [6, 6.07) is 11.1. The van der Waals surface area contributed by atoms with Gasteiger partial charge >= 0.3 is 0 Å². The van der Waals surface area contributed by atoms with Crippen molar-refractivity contribution in [3.05, 3.63) is 52.2 Å². The monoisotopic (exact) mass is 218 g/mol. The zero-order valence-corrected chi connectivity index (χ0v) is 8.87. The fraction of sp³-hybridized carbons (Fsp3) is 0.0833. The Kier molecular flexibility index (Phi) is 3.15. The highest BCUT2D eigenvalue weighted by Crippen LogP contribution is 2.15. The summed E-state index contributed by atoms with van der Waals surface area (Å²) in [5.74, 6) is 0.786. The smallest absolute Gasteiger partial charge is 0.150 e. The summed E-state index contributed by atoms with van der Waals surface area (Å²) in [7, 11) is 0. The standard InChI is InChI=1S/C12H10O2S/c13-8-10-3-5-11(6-4-10)14-9-12-2-1-7-15-12/h1-8H,9H2. The quantitative estimate of drug-likeness (QED) is 0.737. The predicted molar refractivity (Wildman–Crippen MR) is 60.5 cm³/mol. The lowest BCUT2D eigenvalue weighted by atomic mass is 10.2. The number of hydrogen-bond acceptors (Lipinski definition) is 3. The average Bonchev–Trinajstić information content (AvgIpc) is 2.80. The van der Waals surface area contributed by atoms with Crippen LogP contribution in [0, 0.1) is 0 Å². The summed E-state index contributed by atoms with van der Waals surface area (Å²) >= 11 is 1.67. The van der Waals surface area contributed by atoms with E-state index in [0.29, 0.717) is 12.2 Å². The largest absolute Gasteiger partial charge is 0.488 e. The lowest BCUT2D eigenvalue weighted by Crippen LogP contribution is -1.92. The first kappa shape index (κ1) is 9.93. The normalized spacial score (nSPS) is 9.87. The van der Waals surface area contributed by atoms with Crippen molar-refractivity contribution in [1.29, 1.82) is 0 Å². The molecule has 76 valence electrons. The van der Waals surface area contributed by atoms with Crippen LogP contribution in [0.15, 0.2) is 41.8 Å². The van der Waals surface area contributed by atoms with Crippen LogP contribution in [0.5, 0.6) is 5.75 Å². The molecule has 2 rings (SSSR count). The molecule has 0 aliphatic carbocycles. The van der Waals surface area contributed by atoms with E-state index >= 15 is 0 Å². The van der Waals surface area contributed by atoms with Gasteiger partial charge in [-0.15, -0.1) is 11.3 Å². The summed E-state index contributed by atoms with van der Waals surface area (Å²) in [5, 5.41) is 2.02. The average molecular weight is 218 g/mol. The molecule has 0 saturated carbocycles. The molecule has 0 aliphatic heterocycles. The molecule has 0 radical (unpaired) electrons. The summed E-state index contributed by atoms with van der Waals surface area (Å²) < 4.78 is 5.54. The molecule has 0 spiro atoms. The third-order valence-corrected chi connectivity index (χ3v) is 2.83. The van der Waals surface area contributed by atoms with E-state index in [1.807, 2.05) is 17.5 Å². The van der Waals surface area contributed by atoms with Gasteiger partial charge in [0.2, 0.25) is 0 Å². The minimum atomic E-state index is 0.581. The number of aldehydes is 1. The van der Waals surface area contributed by atoms with Gasteiger partial charge in [0.1, 0.15) is 18.6 Å². The van der Waals surface area contributed by atoms with Crippen molar-refractivity contribution >= 4 is 17.6 Å². The molecule has 0 unspecified atom stereocenters. The van der Waals surface area contributed by atoms with Crippen LogP contribution in [0.2, 0.25) is 0 Å². The van der Waals surface area contributed by atoms with Crippen LogP contribution < -0.4 is 4.74 Å². The van der Waals surface area contributed by atoms with Gasteiger partial charge < -0.3 is 4.74 Å². The Morgan fingerprint density at radius 2 is 2.00 bits per heavy atom. The van der Waals surface area contributed by atoms with E-state index in [2.05, 4.69) is 0 Å². The molecule has 0 N–H and O–H groups in total. The predicted octanol–water partition coefficient (Wildman–Crippen LogP) is 3.14. The van der Waals surface area contributed by atoms with Crippen molar-refractivity contribution in [3.63, 3.8) is 0 Å². The molecule has 1 aromatic carbocycles. The summed E-state index contributed by atoms with van der Waals surface area (Å²) in [6.07, 6.45) is 0.822. The number of carbonyl (C=O) groups excluding carboxylic acids is 1. The fourth-order valence-electron chi connectivity index (χ4n) is 1.19. The van der Waals surface area contributed by atoms with Crippen LogP contribution in [0.25, 0.3) is 0 Å². The summed E-state index contributed by atoms with van der Waals surface area (Å²) in [4.78, 5) is 11.6. The van der Waals surface area contributed by atoms with Gasteiger partial charge in [-0.2, -0.15) is 0 Å². The van der Waals surface area contributed by atoms with Gasteiger partial charge in [-0.1, -0.05) is 6.07 Å². The molecule has 2 nitrogen and oxygen atoms in total. The van der Waals surface area contributed by atoms with Crippen molar-refractivity contribution in [3.8, 4) is 5.75 Å². The Bertz CT molecular complexity index is 417. The Morgan fingerprint density at radius 3 is 2.60 bits per heavy atom. The Labute approximate surface area is 92.1 Å². The number of benzene rings is 1. The van der Waals surface area contributed by atoms with Crippen LogP contribution in [0.1, 0.15) is 15.2 Å². The van der Waals surface area contributed by atoms with Gasteiger partial charge in [0, 0.05) is 10.4 Å². The molecule has 1 heterocycles. The van der Waals surface area contributed by atoms with Crippen molar-refractivity contribution in [2.45, 2.75) is 6.61 Å². The lowest BCUT2D eigenvalue weighted by Gasteiger charge is -2.03. The van der Waals surface area contributed by atoms with Gasteiger partial charge in [-0.3, -0.25) is 4.79 Å². The van der Waals surface area contributed by atoms with E-state index in [-0.39, 0.29) is 0 Å². The number of carbonyl (C=O) groups is 1. The van der Waals surface area contributed by atoms with Gasteiger partial charge in [-0.25, -0.2) is 0 Å². The summed E-state index contributed by atoms with van der Waals surface area (Å²) in [6.45, 7) is 0.581. The molecule has 0 fully saturated rings. The molecule has 2 aromatic rings. The zero-order chi connectivity index (χ0) is 10.5. The van der Waals surface area contributed by atoms with Crippen molar-refractivity contribution in [2.24, 2.45) is 0 Å². The zero-order valence-electron chi connectivity index (χ0n) is 8.05. The first-order chi connectivity index (χ1) is 7.38. The van der Waals surface area contributed by atoms with E-state index in [1.54, 1.807) is 35.6 Å². The van der Waals surface area contributed by atoms with Crippen molar-refractivity contribution in [2.75, 3.05) is 0 Å². The lowest BCUT2D eigenvalue weighted by molar-refractivity contribution is 0.112. The van der Waals surface area contributed by atoms with E-state index in [1.165, 1.54) is 4.88 Å². The molecular formula is C12H10O2S. The maximum Gasteiger partial charge on any atom is 0.150 e. The highest BCUT2D eigenvalue weighted by molar-refractivity contribution is 7.09. The number of rotatable bonds is 4. The Morgan fingerprint density at radius 1 is 1.20 bits per heavy atom. The SMILES string of the molecule is O=Cc1ccc(OCc2cccs2)cc1. The third-order valence-electron chi connectivity index (χ3n) is 1.98. The van der Waals surface area contributed by atoms with Gasteiger partial charge in [0.25, 0.3) is 0 Å². The molecule has 1 aromatic heterocycles. The second-order valence-electron chi connectivity index (χ2n) is 3.05. The van der Waals surface area contributed by atoms with Gasteiger partial charge in [0.05, 0.1) is 0 Å². The molecule has 0 atom stereocenters. The van der Waals surface area contributed by atoms with Gasteiger partial charge in [-0.05, 0) is 35.7 Å². The van der Waals surface area contributed by atoms with Crippen LogP contribution in [-0.2, 0) is 6.61 Å². The molecule has 0 aliphatic rings. The maximum absolute atomic E-state index is 10.4. The topological polar surface area (TPSA) is 26.3 Å². The first-order valence-electron chi connectivity index (χ1n) is 4.59. The van der Waals surface area contributed by atoms with E-state index < -0.39 is 0 Å². The van der Waals surface area contributed by atoms with Crippen molar-refractivity contribution < 1.29 is 9.53 Å². The highest BCUT2D eigenvalue weighted by atomic mass is 32.1. The minimum absolute atomic E-state index is 0.581. The molecule has 15 heavy (non-hydrogen) atoms. The number of thiophene rings is 1. The second-order valence-corrected chi connectivity index (χ2v) is 4.09. The summed E-state index contributed by atoms with van der Waals surface area (Å²) in [5.41, 5.74) is 0.665. The van der Waals surface area contributed by atoms with Gasteiger partial charge in [0.15, 0.2) is 0 Å². The molecule has 3 heteroatoms. The molecule has 0 saturated heterocycles. The van der Waals surface area contributed by atoms with Crippen molar-refractivity contribution in [1.82, 2.24) is 0 Å². The molecular weight excluding hydrogens is 208 g/mol. The number of hydrogen-bond donors (Lipinski definition) is 0. The molecule has 0 amide bonds.